The summed E-state index contributed by atoms with van der Waals surface area (Å²) in [7, 11) is -3.30. The third kappa shape index (κ3) is 3.43. The zero-order chi connectivity index (χ0) is 16.6. The van der Waals surface area contributed by atoms with Gasteiger partial charge in [-0.1, -0.05) is 18.2 Å². The minimum Gasteiger partial charge on any atom is -0.481 e. The molecule has 0 atom stereocenters. The van der Waals surface area contributed by atoms with Crippen LogP contribution in [0, 0.1) is 5.41 Å². The lowest BCUT2D eigenvalue weighted by molar-refractivity contribution is -0.150. The SMILES string of the molecule is O=C(O)C1(Cc2ccccc2C(F)(F)F)CCS(=O)(=O)CC1. The Labute approximate surface area is 125 Å². The molecular weight excluding hydrogens is 321 g/mol. The molecule has 122 valence electrons. The van der Waals surface area contributed by atoms with Gasteiger partial charge in [-0.15, -0.1) is 0 Å². The van der Waals surface area contributed by atoms with E-state index in [-0.39, 0.29) is 36.3 Å². The van der Waals surface area contributed by atoms with Crippen molar-refractivity contribution in [3.05, 3.63) is 35.4 Å². The number of halogens is 3. The van der Waals surface area contributed by atoms with E-state index >= 15 is 0 Å². The van der Waals surface area contributed by atoms with Crippen LogP contribution in [0.15, 0.2) is 24.3 Å². The third-order valence-corrected chi connectivity index (χ3v) is 5.74. The molecule has 0 bridgehead atoms. The van der Waals surface area contributed by atoms with E-state index in [1.54, 1.807) is 0 Å². The number of aliphatic carboxylic acids is 1. The van der Waals surface area contributed by atoms with E-state index in [4.69, 9.17) is 0 Å². The molecule has 4 nitrogen and oxygen atoms in total. The van der Waals surface area contributed by atoms with Crippen molar-refractivity contribution < 1.29 is 31.5 Å². The lowest BCUT2D eigenvalue weighted by Crippen LogP contribution is -2.41. The average Bonchev–Trinajstić information content (AvgIpc) is 2.40. The summed E-state index contributed by atoms with van der Waals surface area (Å²) in [5, 5.41) is 9.44. The van der Waals surface area contributed by atoms with E-state index < -0.39 is 33.0 Å². The average molecular weight is 336 g/mol. The van der Waals surface area contributed by atoms with Gasteiger partial charge in [-0.25, -0.2) is 8.42 Å². The smallest absolute Gasteiger partial charge is 0.416 e. The van der Waals surface area contributed by atoms with Gasteiger partial charge >= 0.3 is 12.1 Å². The van der Waals surface area contributed by atoms with Crippen molar-refractivity contribution in [3.8, 4) is 0 Å². The van der Waals surface area contributed by atoms with Crippen molar-refractivity contribution >= 4 is 15.8 Å². The highest BCUT2D eigenvalue weighted by Crippen LogP contribution is 2.40. The fourth-order valence-electron chi connectivity index (χ4n) is 2.71. The molecule has 1 aromatic carbocycles. The second-order valence-corrected chi connectivity index (χ2v) is 7.87. The number of benzene rings is 1. The molecule has 1 heterocycles. The molecule has 1 aliphatic heterocycles. The van der Waals surface area contributed by atoms with Crippen molar-refractivity contribution in [2.75, 3.05) is 11.5 Å². The predicted octanol–water partition coefficient (Wildman–Crippen LogP) is 2.53. The highest BCUT2D eigenvalue weighted by Gasteiger charge is 2.45. The van der Waals surface area contributed by atoms with Crippen molar-refractivity contribution in [3.63, 3.8) is 0 Å². The van der Waals surface area contributed by atoms with Gasteiger partial charge in [-0.3, -0.25) is 4.79 Å². The van der Waals surface area contributed by atoms with Crippen LogP contribution in [0.5, 0.6) is 0 Å². The van der Waals surface area contributed by atoms with Crippen molar-refractivity contribution in [2.45, 2.75) is 25.4 Å². The molecule has 0 unspecified atom stereocenters. The van der Waals surface area contributed by atoms with Crippen LogP contribution in [0.4, 0.5) is 13.2 Å². The summed E-state index contributed by atoms with van der Waals surface area (Å²) in [6.07, 6.45) is -5.24. The van der Waals surface area contributed by atoms with Crippen molar-refractivity contribution in [2.24, 2.45) is 5.41 Å². The number of alkyl halides is 3. The monoisotopic (exact) mass is 336 g/mol. The van der Waals surface area contributed by atoms with Gasteiger partial charge in [0.25, 0.3) is 0 Å². The number of rotatable bonds is 3. The number of sulfone groups is 1. The zero-order valence-corrected chi connectivity index (χ0v) is 12.4. The molecule has 0 aliphatic carbocycles. The quantitative estimate of drug-likeness (QED) is 0.921. The molecule has 1 saturated heterocycles. The maximum atomic E-state index is 13.0. The van der Waals surface area contributed by atoms with E-state index in [2.05, 4.69) is 0 Å². The first-order valence-electron chi connectivity index (χ1n) is 6.65. The van der Waals surface area contributed by atoms with Crippen LogP contribution < -0.4 is 0 Å². The largest absolute Gasteiger partial charge is 0.481 e. The normalized spacial score (nSPS) is 20.5. The molecule has 1 aromatic rings. The van der Waals surface area contributed by atoms with E-state index in [1.807, 2.05) is 0 Å². The lowest BCUT2D eigenvalue weighted by Gasteiger charge is -2.33. The Morgan fingerprint density at radius 1 is 1.18 bits per heavy atom. The highest BCUT2D eigenvalue weighted by atomic mass is 32.2. The second-order valence-electron chi connectivity index (χ2n) is 5.57. The zero-order valence-electron chi connectivity index (χ0n) is 11.6. The maximum absolute atomic E-state index is 13.0. The first kappa shape index (κ1) is 16.8. The molecule has 1 fully saturated rings. The highest BCUT2D eigenvalue weighted by molar-refractivity contribution is 7.91. The first-order chi connectivity index (χ1) is 10.1. The molecule has 1 aliphatic rings. The van der Waals surface area contributed by atoms with Gasteiger partial charge in [0.15, 0.2) is 0 Å². The van der Waals surface area contributed by atoms with Crippen molar-refractivity contribution in [1.29, 1.82) is 0 Å². The number of carboxylic acids is 1. The molecule has 2 rings (SSSR count). The van der Waals surface area contributed by atoms with Gasteiger partial charge in [-0.2, -0.15) is 13.2 Å². The topological polar surface area (TPSA) is 71.4 Å². The van der Waals surface area contributed by atoms with Crippen LogP contribution in [0.3, 0.4) is 0 Å². The van der Waals surface area contributed by atoms with Gasteiger partial charge in [0.05, 0.1) is 22.5 Å². The van der Waals surface area contributed by atoms with E-state index in [1.165, 1.54) is 18.2 Å². The summed E-state index contributed by atoms with van der Waals surface area (Å²) in [6, 6.07) is 4.81. The van der Waals surface area contributed by atoms with Gasteiger partial charge in [-0.05, 0) is 30.9 Å². The number of carboxylic acid groups (broad SMARTS) is 1. The fourth-order valence-corrected chi connectivity index (χ4v) is 4.32. The maximum Gasteiger partial charge on any atom is 0.416 e. The van der Waals surface area contributed by atoms with Gasteiger partial charge < -0.3 is 5.11 Å². The third-order valence-electron chi connectivity index (χ3n) is 4.09. The summed E-state index contributed by atoms with van der Waals surface area (Å²) >= 11 is 0. The van der Waals surface area contributed by atoms with Crippen molar-refractivity contribution in [1.82, 2.24) is 0 Å². The molecule has 0 radical (unpaired) electrons. The molecule has 0 saturated carbocycles. The summed E-state index contributed by atoms with van der Waals surface area (Å²) < 4.78 is 62.0. The minimum atomic E-state index is -4.57. The van der Waals surface area contributed by atoms with Gasteiger partial charge in [0.1, 0.15) is 9.84 Å². The van der Waals surface area contributed by atoms with Crippen LogP contribution in [0.25, 0.3) is 0 Å². The summed E-state index contributed by atoms with van der Waals surface area (Å²) in [5.41, 5.74) is -2.45. The van der Waals surface area contributed by atoms with Gasteiger partial charge in [0, 0.05) is 0 Å². The Balaban J connectivity index is 2.37. The molecule has 0 spiro atoms. The molecule has 0 aromatic heterocycles. The summed E-state index contributed by atoms with van der Waals surface area (Å²) in [4.78, 5) is 11.6. The Bertz CT molecular complexity index is 666. The Kier molecular flexibility index (Phi) is 4.25. The summed E-state index contributed by atoms with van der Waals surface area (Å²) in [5.74, 6) is -1.87. The molecule has 8 heteroatoms. The minimum absolute atomic E-state index is 0.114. The van der Waals surface area contributed by atoms with E-state index in [0.717, 1.165) is 6.07 Å². The van der Waals surface area contributed by atoms with E-state index in [9.17, 15) is 31.5 Å². The van der Waals surface area contributed by atoms with Gasteiger partial charge in [0.2, 0.25) is 0 Å². The standard InChI is InChI=1S/C14H15F3O4S/c15-14(16,17)11-4-2-1-3-10(11)9-13(12(18)19)5-7-22(20,21)8-6-13/h1-4H,5-9H2,(H,18,19). The van der Waals surface area contributed by atoms with Crippen LogP contribution >= 0.6 is 0 Å². The Hall–Kier alpha value is -1.57. The number of hydrogen-bond donors (Lipinski definition) is 1. The fraction of sp³-hybridized carbons (Fsp3) is 0.500. The Morgan fingerprint density at radius 3 is 2.23 bits per heavy atom. The lowest BCUT2D eigenvalue weighted by atomic mass is 9.76. The molecule has 1 N–H and O–H groups in total. The number of hydrogen-bond acceptors (Lipinski definition) is 3. The van der Waals surface area contributed by atoms with Crippen LogP contribution in [-0.2, 0) is 27.2 Å². The Morgan fingerprint density at radius 2 is 1.73 bits per heavy atom. The van der Waals surface area contributed by atoms with Crippen LogP contribution in [-0.4, -0.2) is 31.0 Å². The predicted molar refractivity (Wildman–Crippen MR) is 73.1 cm³/mol. The van der Waals surface area contributed by atoms with Crippen LogP contribution in [0.1, 0.15) is 24.0 Å². The molecule has 22 heavy (non-hydrogen) atoms. The van der Waals surface area contributed by atoms with E-state index in [0.29, 0.717) is 0 Å². The molecule has 0 amide bonds. The summed E-state index contributed by atoms with van der Waals surface area (Å²) in [6.45, 7) is 0. The van der Waals surface area contributed by atoms with Crippen LogP contribution in [0.2, 0.25) is 0 Å². The second kappa shape index (κ2) is 5.57. The first-order valence-corrected chi connectivity index (χ1v) is 8.47. The number of carbonyl (C=O) groups is 1. The molecular formula is C14H15F3O4S.